The molecule has 0 aromatic heterocycles. The smallest absolute Gasteiger partial charge is 0.0373 e. The minimum absolute atomic E-state index is 0.644. The standard InChI is InChI=1S/C16H19BrN2/c1-2-18-15-7-8-19(11-15)16-6-4-12-9-14(17)5-3-13(12)10-16/h3-6,9-10,15,18H,2,7-8,11H2,1H3. The third-order valence-corrected chi connectivity index (χ3v) is 4.33. The van der Waals surface area contributed by atoms with E-state index in [-0.39, 0.29) is 0 Å². The fraction of sp³-hybridized carbons (Fsp3) is 0.375. The van der Waals surface area contributed by atoms with E-state index in [1.807, 2.05) is 0 Å². The summed E-state index contributed by atoms with van der Waals surface area (Å²) in [5.74, 6) is 0. The zero-order valence-electron chi connectivity index (χ0n) is 11.2. The SMILES string of the molecule is CCNC1CCN(c2ccc3cc(Br)ccc3c2)C1. The first kappa shape index (κ1) is 12.9. The number of rotatable bonds is 3. The first-order chi connectivity index (χ1) is 9.26. The molecule has 0 saturated carbocycles. The summed E-state index contributed by atoms with van der Waals surface area (Å²) in [6.45, 7) is 5.51. The van der Waals surface area contributed by atoms with Crippen LogP contribution < -0.4 is 10.2 Å². The van der Waals surface area contributed by atoms with Crippen LogP contribution in [0.25, 0.3) is 10.8 Å². The quantitative estimate of drug-likeness (QED) is 0.926. The second-order valence-electron chi connectivity index (χ2n) is 5.17. The van der Waals surface area contributed by atoms with Gasteiger partial charge in [0.25, 0.3) is 0 Å². The number of hydrogen-bond donors (Lipinski definition) is 1. The van der Waals surface area contributed by atoms with E-state index in [4.69, 9.17) is 0 Å². The van der Waals surface area contributed by atoms with Crippen LogP contribution in [0.3, 0.4) is 0 Å². The number of hydrogen-bond acceptors (Lipinski definition) is 2. The molecule has 1 N–H and O–H groups in total. The Morgan fingerprint density at radius 3 is 2.84 bits per heavy atom. The predicted molar refractivity (Wildman–Crippen MR) is 85.9 cm³/mol. The molecule has 1 unspecified atom stereocenters. The number of fused-ring (bicyclic) bond motifs is 1. The number of anilines is 1. The van der Waals surface area contributed by atoms with Crippen LogP contribution in [0.1, 0.15) is 13.3 Å². The van der Waals surface area contributed by atoms with Crippen LogP contribution in [0.2, 0.25) is 0 Å². The van der Waals surface area contributed by atoms with Gasteiger partial charge in [0.15, 0.2) is 0 Å². The molecule has 2 aromatic rings. The van der Waals surface area contributed by atoms with E-state index in [0.29, 0.717) is 6.04 Å². The first-order valence-electron chi connectivity index (χ1n) is 6.94. The number of halogens is 1. The number of nitrogens with one attached hydrogen (secondary N) is 1. The maximum atomic E-state index is 3.54. The van der Waals surface area contributed by atoms with Gasteiger partial charge in [-0.25, -0.2) is 0 Å². The average molecular weight is 319 g/mol. The lowest BCUT2D eigenvalue weighted by Crippen LogP contribution is -2.32. The minimum Gasteiger partial charge on any atom is -0.370 e. The molecule has 1 heterocycles. The molecule has 2 nitrogen and oxygen atoms in total. The molecular formula is C16H19BrN2. The van der Waals surface area contributed by atoms with Gasteiger partial charge in [-0.2, -0.15) is 0 Å². The molecule has 1 saturated heterocycles. The van der Waals surface area contributed by atoms with Gasteiger partial charge < -0.3 is 10.2 Å². The molecule has 1 aliphatic heterocycles. The van der Waals surface area contributed by atoms with Crippen molar-refractivity contribution in [3.63, 3.8) is 0 Å². The molecule has 3 heteroatoms. The summed E-state index contributed by atoms with van der Waals surface area (Å²) in [6, 6.07) is 13.9. The lowest BCUT2D eigenvalue weighted by Gasteiger charge is -2.19. The summed E-state index contributed by atoms with van der Waals surface area (Å²) in [6.07, 6.45) is 1.24. The van der Waals surface area contributed by atoms with Gasteiger partial charge in [0, 0.05) is 29.3 Å². The monoisotopic (exact) mass is 318 g/mol. The molecule has 0 bridgehead atoms. The van der Waals surface area contributed by atoms with Crippen molar-refractivity contribution in [2.45, 2.75) is 19.4 Å². The Labute approximate surface area is 122 Å². The normalized spacial score (nSPS) is 19.3. The largest absolute Gasteiger partial charge is 0.370 e. The Hall–Kier alpha value is -1.06. The minimum atomic E-state index is 0.644. The predicted octanol–water partition coefficient (Wildman–Crippen LogP) is 3.79. The number of likely N-dealkylation sites (N-methyl/N-ethyl adjacent to an activating group) is 1. The molecular weight excluding hydrogens is 300 g/mol. The Kier molecular flexibility index (Phi) is 3.76. The van der Waals surface area contributed by atoms with Gasteiger partial charge in [0.05, 0.1) is 0 Å². The zero-order valence-corrected chi connectivity index (χ0v) is 12.8. The van der Waals surface area contributed by atoms with Crippen molar-refractivity contribution in [3.8, 4) is 0 Å². The number of nitrogens with zero attached hydrogens (tertiary/aromatic N) is 1. The third-order valence-electron chi connectivity index (χ3n) is 3.83. The van der Waals surface area contributed by atoms with Crippen LogP contribution >= 0.6 is 15.9 Å². The van der Waals surface area contributed by atoms with E-state index in [1.54, 1.807) is 0 Å². The van der Waals surface area contributed by atoms with E-state index < -0.39 is 0 Å². The van der Waals surface area contributed by atoms with E-state index >= 15 is 0 Å². The van der Waals surface area contributed by atoms with Crippen molar-refractivity contribution in [2.75, 3.05) is 24.5 Å². The third kappa shape index (κ3) is 2.77. The van der Waals surface area contributed by atoms with Crippen LogP contribution in [0.4, 0.5) is 5.69 Å². The Morgan fingerprint density at radius 1 is 1.21 bits per heavy atom. The molecule has 2 aromatic carbocycles. The van der Waals surface area contributed by atoms with Crippen LogP contribution in [0, 0.1) is 0 Å². The summed E-state index contributed by atoms with van der Waals surface area (Å²) < 4.78 is 1.14. The Balaban J connectivity index is 1.84. The van der Waals surface area contributed by atoms with Crippen molar-refractivity contribution < 1.29 is 0 Å². The van der Waals surface area contributed by atoms with Crippen molar-refractivity contribution in [1.82, 2.24) is 5.32 Å². The van der Waals surface area contributed by atoms with Gasteiger partial charge in [-0.15, -0.1) is 0 Å². The Morgan fingerprint density at radius 2 is 2.00 bits per heavy atom. The molecule has 1 fully saturated rings. The Bertz CT molecular complexity index is 582. The summed E-state index contributed by atoms with van der Waals surface area (Å²) >= 11 is 3.52. The van der Waals surface area contributed by atoms with E-state index in [9.17, 15) is 0 Å². The van der Waals surface area contributed by atoms with Crippen molar-refractivity contribution >= 4 is 32.4 Å². The maximum Gasteiger partial charge on any atom is 0.0373 e. The van der Waals surface area contributed by atoms with Gasteiger partial charge >= 0.3 is 0 Å². The highest BCUT2D eigenvalue weighted by Gasteiger charge is 2.21. The van der Waals surface area contributed by atoms with E-state index in [2.05, 4.69) is 69.5 Å². The lowest BCUT2D eigenvalue weighted by molar-refractivity contribution is 0.572. The maximum absolute atomic E-state index is 3.54. The molecule has 0 amide bonds. The van der Waals surface area contributed by atoms with Gasteiger partial charge in [-0.3, -0.25) is 0 Å². The fourth-order valence-electron chi connectivity index (χ4n) is 2.85. The molecule has 19 heavy (non-hydrogen) atoms. The van der Waals surface area contributed by atoms with Gasteiger partial charge in [-0.05, 0) is 48.0 Å². The summed E-state index contributed by atoms with van der Waals surface area (Å²) in [7, 11) is 0. The lowest BCUT2D eigenvalue weighted by atomic mass is 10.1. The van der Waals surface area contributed by atoms with E-state index in [1.165, 1.54) is 22.9 Å². The summed E-state index contributed by atoms with van der Waals surface area (Å²) in [5, 5.41) is 6.15. The fourth-order valence-corrected chi connectivity index (χ4v) is 3.23. The van der Waals surface area contributed by atoms with Crippen LogP contribution in [-0.4, -0.2) is 25.7 Å². The average Bonchev–Trinajstić information content (AvgIpc) is 2.87. The molecule has 1 atom stereocenters. The molecule has 1 aliphatic rings. The molecule has 0 radical (unpaired) electrons. The molecule has 100 valence electrons. The van der Waals surface area contributed by atoms with Crippen LogP contribution in [-0.2, 0) is 0 Å². The molecule has 3 rings (SSSR count). The highest BCUT2D eigenvalue weighted by Crippen LogP contribution is 2.27. The topological polar surface area (TPSA) is 15.3 Å². The number of benzene rings is 2. The second-order valence-corrected chi connectivity index (χ2v) is 6.08. The summed E-state index contributed by atoms with van der Waals surface area (Å²) in [5.41, 5.74) is 1.34. The first-order valence-corrected chi connectivity index (χ1v) is 7.73. The van der Waals surface area contributed by atoms with Gasteiger partial charge in [0.1, 0.15) is 0 Å². The summed E-state index contributed by atoms with van der Waals surface area (Å²) in [4.78, 5) is 2.48. The highest BCUT2D eigenvalue weighted by molar-refractivity contribution is 9.10. The van der Waals surface area contributed by atoms with Crippen LogP contribution in [0.15, 0.2) is 40.9 Å². The van der Waals surface area contributed by atoms with E-state index in [0.717, 1.165) is 24.1 Å². The van der Waals surface area contributed by atoms with Crippen molar-refractivity contribution in [2.24, 2.45) is 0 Å². The van der Waals surface area contributed by atoms with Gasteiger partial charge in [0.2, 0.25) is 0 Å². The molecule has 0 spiro atoms. The van der Waals surface area contributed by atoms with Crippen LogP contribution in [0.5, 0.6) is 0 Å². The zero-order chi connectivity index (χ0) is 13.2. The molecule has 0 aliphatic carbocycles. The van der Waals surface area contributed by atoms with Gasteiger partial charge in [-0.1, -0.05) is 35.0 Å². The van der Waals surface area contributed by atoms with Crippen molar-refractivity contribution in [1.29, 1.82) is 0 Å². The van der Waals surface area contributed by atoms with Crippen molar-refractivity contribution in [3.05, 3.63) is 40.9 Å². The second kappa shape index (κ2) is 5.51. The highest BCUT2D eigenvalue weighted by atomic mass is 79.9.